The monoisotopic (exact) mass is 500 g/mol. The number of nitrogens with one attached hydrogen (secondary N) is 2. The number of ketones is 2. The van der Waals surface area contributed by atoms with E-state index < -0.39 is 5.25 Å². The number of anilines is 2. The number of hydrogen-bond donors (Lipinski definition) is 2. The van der Waals surface area contributed by atoms with Crippen molar-refractivity contribution in [3.8, 4) is 0 Å². The number of carbonyl (C=O) groups excluding carboxylic acids is 4. The van der Waals surface area contributed by atoms with E-state index in [0.29, 0.717) is 34.5 Å². The van der Waals surface area contributed by atoms with Gasteiger partial charge >= 0.3 is 0 Å². The lowest BCUT2D eigenvalue weighted by atomic mass is 9.83. The first-order chi connectivity index (χ1) is 17.0. The molecule has 2 N–H and O–H groups in total. The van der Waals surface area contributed by atoms with Gasteiger partial charge in [-0.2, -0.15) is 0 Å². The molecule has 0 spiro atoms. The Kier molecular flexibility index (Phi) is 7.13. The molecular weight excluding hydrogens is 472 g/mol. The first kappa shape index (κ1) is 25.4. The summed E-state index contributed by atoms with van der Waals surface area (Å²) in [5.74, 6) is -0.832. The Balaban J connectivity index is 1.44. The minimum atomic E-state index is -0.469. The lowest BCUT2D eigenvalue weighted by Gasteiger charge is -2.21. The van der Waals surface area contributed by atoms with Gasteiger partial charge in [0.2, 0.25) is 11.8 Å². The first-order valence-corrected chi connectivity index (χ1v) is 12.6. The Morgan fingerprint density at radius 2 is 1.42 bits per heavy atom. The fourth-order valence-electron chi connectivity index (χ4n) is 4.04. The molecule has 36 heavy (non-hydrogen) atoms. The van der Waals surface area contributed by atoms with Gasteiger partial charge in [0.15, 0.2) is 11.6 Å². The van der Waals surface area contributed by atoms with E-state index in [4.69, 9.17) is 0 Å². The topological polar surface area (TPSA) is 92.3 Å². The zero-order chi connectivity index (χ0) is 26.0. The molecule has 6 nitrogen and oxygen atoms in total. The average molecular weight is 501 g/mol. The van der Waals surface area contributed by atoms with Gasteiger partial charge in [0, 0.05) is 33.7 Å². The van der Waals surface area contributed by atoms with E-state index in [1.165, 1.54) is 11.8 Å². The average Bonchev–Trinajstić information content (AvgIpc) is 2.82. The summed E-state index contributed by atoms with van der Waals surface area (Å²) in [5, 5.41) is 5.26. The summed E-state index contributed by atoms with van der Waals surface area (Å²) in [6.07, 6.45) is 0.420. The van der Waals surface area contributed by atoms with E-state index in [1.807, 2.05) is 45.0 Å². The molecule has 3 aromatic rings. The van der Waals surface area contributed by atoms with Gasteiger partial charge in [-0.05, 0) is 42.7 Å². The number of carbonyl (C=O) groups is 4. The molecule has 1 aliphatic carbocycles. The molecular formula is C29H28N2O4S. The van der Waals surface area contributed by atoms with Crippen LogP contribution in [0.1, 0.15) is 66.0 Å². The third kappa shape index (κ3) is 5.57. The quantitative estimate of drug-likeness (QED) is 0.319. The van der Waals surface area contributed by atoms with Crippen molar-refractivity contribution in [1.82, 2.24) is 0 Å². The van der Waals surface area contributed by atoms with E-state index in [-0.39, 0.29) is 34.4 Å². The highest BCUT2D eigenvalue weighted by molar-refractivity contribution is 8.00. The van der Waals surface area contributed by atoms with E-state index >= 15 is 0 Å². The van der Waals surface area contributed by atoms with Crippen molar-refractivity contribution in [2.45, 2.75) is 44.3 Å². The van der Waals surface area contributed by atoms with Gasteiger partial charge < -0.3 is 10.6 Å². The van der Waals surface area contributed by atoms with E-state index in [1.54, 1.807) is 49.4 Å². The second-order valence-electron chi connectivity index (χ2n) is 9.99. The van der Waals surface area contributed by atoms with E-state index in [0.717, 1.165) is 4.90 Å². The van der Waals surface area contributed by atoms with Gasteiger partial charge in [0.1, 0.15) is 0 Å². The molecule has 1 aliphatic rings. The molecule has 4 rings (SSSR count). The minimum Gasteiger partial charge on any atom is -0.326 e. The van der Waals surface area contributed by atoms with Crippen molar-refractivity contribution >= 4 is 46.5 Å². The Hall–Kier alpha value is -3.71. The van der Waals surface area contributed by atoms with Crippen LogP contribution in [-0.4, -0.2) is 28.6 Å². The summed E-state index contributed by atoms with van der Waals surface area (Å²) in [6, 6.07) is 19.0. The highest BCUT2D eigenvalue weighted by atomic mass is 32.2. The second-order valence-corrected chi connectivity index (χ2v) is 11.4. The molecule has 3 aromatic carbocycles. The van der Waals surface area contributed by atoms with Crippen molar-refractivity contribution in [2.24, 2.45) is 5.41 Å². The molecule has 2 amide bonds. The van der Waals surface area contributed by atoms with E-state index in [9.17, 15) is 19.2 Å². The van der Waals surface area contributed by atoms with Crippen molar-refractivity contribution in [3.63, 3.8) is 0 Å². The van der Waals surface area contributed by atoms with Gasteiger partial charge in [-0.25, -0.2) is 0 Å². The number of benzene rings is 3. The van der Waals surface area contributed by atoms with Crippen molar-refractivity contribution in [1.29, 1.82) is 0 Å². The summed E-state index contributed by atoms with van der Waals surface area (Å²) in [7, 11) is 0. The van der Waals surface area contributed by atoms with Crippen LogP contribution in [0.15, 0.2) is 71.6 Å². The number of fused-ring (bicyclic) bond motifs is 2. The van der Waals surface area contributed by atoms with Crippen LogP contribution in [0.3, 0.4) is 0 Å². The number of thioether (sulfide) groups is 1. The Labute approximate surface area is 214 Å². The highest BCUT2D eigenvalue weighted by Crippen LogP contribution is 2.33. The Morgan fingerprint density at radius 3 is 2.06 bits per heavy atom. The number of hydrogen-bond acceptors (Lipinski definition) is 5. The smallest absolute Gasteiger partial charge is 0.237 e. The summed E-state index contributed by atoms with van der Waals surface area (Å²) < 4.78 is 0. The maximum atomic E-state index is 13.2. The van der Waals surface area contributed by atoms with Crippen LogP contribution in [0, 0.1) is 5.41 Å². The van der Waals surface area contributed by atoms with Crippen LogP contribution in [0.5, 0.6) is 0 Å². The van der Waals surface area contributed by atoms with Crippen LogP contribution in [0.2, 0.25) is 0 Å². The molecule has 0 saturated heterocycles. The molecule has 0 aromatic heterocycles. The highest BCUT2D eigenvalue weighted by Gasteiger charge is 2.32. The zero-order valence-corrected chi connectivity index (χ0v) is 21.5. The van der Waals surface area contributed by atoms with Crippen LogP contribution in [0.25, 0.3) is 0 Å². The molecule has 0 radical (unpaired) electrons. The molecule has 0 bridgehead atoms. The van der Waals surface area contributed by atoms with E-state index in [2.05, 4.69) is 10.6 Å². The van der Waals surface area contributed by atoms with Gasteiger partial charge in [-0.1, -0.05) is 57.2 Å². The first-order valence-electron chi connectivity index (χ1n) is 11.7. The predicted molar refractivity (Wildman–Crippen MR) is 143 cm³/mol. The van der Waals surface area contributed by atoms with Gasteiger partial charge in [-0.3, -0.25) is 19.2 Å². The fourth-order valence-corrected chi connectivity index (χ4v) is 4.91. The molecule has 0 saturated carbocycles. The Morgan fingerprint density at radius 1 is 0.806 bits per heavy atom. The third-order valence-electron chi connectivity index (χ3n) is 5.72. The summed E-state index contributed by atoms with van der Waals surface area (Å²) >= 11 is 1.36. The lowest BCUT2D eigenvalue weighted by Crippen LogP contribution is -2.27. The molecule has 0 aliphatic heterocycles. The molecule has 1 atom stereocenters. The maximum absolute atomic E-state index is 13.2. The van der Waals surface area contributed by atoms with Crippen LogP contribution < -0.4 is 10.6 Å². The summed E-state index contributed by atoms with van der Waals surface area (Å²) in [4.78, 5) is 52.1. The molecule has 1 unspecified atom stereocenters. The van der Waals surface area contributed by atoms with Crippen molar-refractivity contribution in [2.75, 3.05) is 10.6 Å². The largest absolute Gasteiger partial charge is 0.326 e. The number of amides is 2. The molecule has 184 valence electrons. The van der Waals surface area contributed by atoms with Gasteiger partial charge in [0.05, 0.1) is 16.5 Å². The molecule has 0 fully saturated rings. The molecule has 7 heteroatoms. The van der Waals surface area contributed by atoms with Crippen molar-refractivity contribution < 1.29 is 19.2 Å². The minimum absolute atomic E-state index is 0.0440. The normalized spacial score (nSPS) is 13.4. The van der Waals surface area contributed by atoms with Gasteiger partial charge in [0.25, 0.3) is 0 Å². The Bertz CT molecular complexity index is 1360. The van der Waals surface area contributed by atoms with Crippen molar-refractivity contribution in [3.05, 3.63) is 89.0 Å². The third-order valence-corrected chi connectivity index (χ3v) is 6.83. The zero-order valence-electron chi connectivity index (χ0n) is 20.7. The van der Waals surface area contributed by atoms with Crippen LogP contribution in [0.4, 0.5) is 11.4 Å². The number of rotatable bonds is 6. The fraction of sp³-hybridized carbons (Fsp3) is 0.241. The lowest BCUT2D eigenvalue weighted by molar-refractivity contribution is -0.118. The predicted octanol–water partition coefficient (Wildman–Crippen LogP) is 5.96. The SMILES string of the molecule is CC(Sc1ccc(NC(=O)CC(C)(C)C)cc1)C(=O)Nc1cccc2c1C(=O)c1ccccc1C2=O. The summed E-state index contributed by atoms with van der Waals surface area (Å²) in [5.41, 5.74) is 2.17. The second kappa shape index (κ2) is 10.1. The standard InChI is InChI=1S/C29H28N2O4S/c1-17(36-19-14-12-18(13-15-19)30-24(32)16-29(2,3)4)28(35)31-23-11-7-10-22-25(23)27(34)21-9-6-5-8-20(21)26(22)33/h5-15,17H,16H2,1-4H3,(H,30,32)(H,31,35). The van der Waals surface area contributed by atoms with Crippen LogP contribution in [-0.2, 0) is 9.59 Å². The maximum Gasteiger partial charge on any atom is 0.237 e. The summed E-state index contributed by atoms with van der Waals surface area (Å²) in [6.45, 7) is 7.81. The van der Waals surface area contributed by atoms with Gasteiger partial charge in [-0.15, -0.1) is 11.8 Å². The van der Waals surface area contributed by atoms with Crippen LogP contribution >= 0.6 is 11.8 Å². The molecule has 0 heterocycles.